The highest BCUT2D eigenvalue weighted by molar-refractivity contribution is 6.05. The van der Waals surface area contributed by atoms with E-state index >= 15 is 0 Å². The van der Waals surface area contributed by atoms with E-state index in [-0.39, 0.29) is 5.56 Å². The number of benzene rings is 1. The Morgan fingerprint density at radius 1 is 1.25 bits per heavy atom. The summed E-state index contributed by atoms with van der Waals surface area (Å²) in [7, 11) is 1.87. The Hall–Kier alpha value is -3.62. The lowest BCUT2D eigenvalue weighted by atomic mass is 10.0. The number of carbonyl (C=O) groups excluding carboxylic acids is 1. The molecule has 4 aromatic rings. The average Bonchev–Trinajstić information content (AvgIpc) is 3.28. The molecule has 3 heterocycles. The van der Waals surface area contributed by atoms with Gasteiger partial charge in [-0.25, -0.2) is 14.4 Å². The Labute approximate surface area is 160 Å². The van der Waals surface area contributed by atoms with E-state index in [4.69, 9.17) is 0 Å². The predicted octanol–water partition coefficient (Wildman–Crippen LogP) is 3.03. The van der Waals surface area contributed by atoms with Gasteiger partial charge in [0, 0.05) is 36.3 Å². The van der Waals surface area contributed by atoms with Crippen molar-refractivity contribution in [3.63, 3.8) is 0 Å². The number of nitrogens with one attached hydrogen (secondary N) is 1. The van der Waals surface area contributed by atoms with Gasteiger partial charge in [0.2, 0.25) is 0 Å². The van der Waals surface area contributed by atoms with Gasteiger partial charge < -0.3 is 9.88 Å². The second kappa shape index (κ2) is 7.18. The van der Waals surface area contributed by atoms with Crippen LogP contribution in [0.5, 0.6) is 0 Å². The van der Waals surface area contributed by atoms with Gasteiger partial charge in [0.15, 0.2) is 5.82 Å². The Bertz CT molecular complexity index is 1160. The maximum Gasteiger partial charge on any atom is 0.257 e. The van der Waals surface area contributed by atoms with Crippen molar-refractivity contribution in [2.45, 2.75) is 19.9 Å². The molecule has 1 aromatic carbocycles. The number of aryl methyl sites for hydroxylation is 2. The van der Waals surface area contributed by atoms with Crippen LogP contribution in [-0.4, -0.2) is 35.4 Å². The summed E-state index contributed by atoms with van der Waals surface area (Å²) < 4.78 is 17.8. The highest BCUT2D eigenvalue weighted by Gasteiger charge is 2.15. The van der Waals surface area contributed by atoms with Crippen molar-refractivity contribution in [3.05, 3.63) is 54.4 Å². The van der Waals surface area contributed by atoms with Crippen molar-refractivity contribution < 1.29 is 9.18 Å². The summed E-state index contributed by atoms with van der Waals surface area (Å²) in [5, 5.41) is 11.3. The molecule has 9 heteroatoms. The molecule has 0 aliphatic carbocycles. The van der Waals surface area contributed by atoms with Gasteiger partial charge in [-0.3, -0.25) is 9.48 Å². The number of hydrogen-bond donors (Lipinski definition) is 1. The van der Waals surface area contributed by atoms with E-state index in [2.05, 4.69) is 25.6 Å². The number of fused-ring (bicyclic) bond motifs is 1. The second-order valence-electron chi connectivity index (χ2n) is 6.44. The van der Waals surface area contributed by atoms with E-state index in [1.807, 2.05) is 30.8 Å². The molecule has 0 bridgehead atoms. The van der Waals surface area contributed by atoms with Crippen LogP contribution in [0.2, 0.25) is 0 Å². The number of aromatic nitrogens is 6. The number of nitrogens with zero attached hydrogens (tertiary/aromatic N) is 6. The van der Waals surface area contributed by atoms with E-state index in [9.17, 15) is 9.18 Å². The molecule has 0 aliphatic rings. The van der Waals surface area contributed by atoms with Crippen LogP contribution < -0.4 is 5.32 Å². The molecule has 3 aromatic heterocycles. The summed E-state index contributed by atoms with van der Waals surface area (Å²) in [5.74, 6) is -0.681. The van der Waals surface area contributed by atoms with Crippen molar-refractivity contribution in [1.82, 2.24) is 29.5 Å². The number of hydrogen-bond acceptors (Lipinski definition) is 5. The van der Waals surface area contributed by atoms with Crippen LogP contribution in [0, 0.1) is 5.82 Å². The standard InChI is InChI=1S/C19H18FN7O/c1-3-5-27-10-16(24-25-27)23-19(28)13-7-12(8-14(20)9-13)17-15-4-6-26(2)18(15)22-11-21-17/h4,6-11H,3,5H2,1-2H3,(H,23,28). The van der Waals surface area contributed by atoms with Gasteiger partial charge in [-0.15, -0.1) is 5.10 Å². The van der Waals surface area contributed by atoms with Crippen molar-refractivity contribution in [3.8, 4) is 11.3 Å². The number of anilines is 1. The van der Waals surface area contributed by atoms with Crippen LogP contribution in [-0.2, 0) is 13.6 Å². The zero-order chi connectivity index (χ0) is 19.7. The Morgan fingerprint density at radius 2 is 2.11 bits per heavy atom. The van der Waals surface area contributed by atoms with Gasteiger partial charge in [-0.2, -0.15) is 0 Å². The predicted molar refractivity (Wildman–Crippen MR) is 102 cm³/mol. The normalized spacial score (nSPS) is 11.1. The van der Waals surface area contributed by atoms with E-state index in [1.54, 1.807) is 16.9 Å². The lowest BCUT2D eigenvalue weighted by Crippen LogP contribution is -2.12. The van der Waals surface area contributed by atoms with Gasteiger partial charge >= 0.3 is 0 Å². The smallest absolute Gasteiger partial charge is 0.257 e. The van der Waals surface area contributed by atoms with Crippen LogP contribution in [0.15, 0.2) is 43.0 Å². The summed E-state index contributed by atoms with van der Waals surface area (Å²) in [6.07, 6.45) is 5.82. The summed E-state index contributed by atoms with van der Waals surface area (Å²) in [6, 6.07) is 5.99. The highest BCUT2D eigenvalue weighted by Crippen LogP contribution is 2.27. The quantitative estimate of drug-likeness (QED) is 0.576. The summed E-state index contributed by atoms with van der Waals surface area (Å²) in [6.45, 7) is 2.72. The summed E-state index contributed by atoms with van der Waals surface area (Å²) >= 11 is 0. The van der Waals surface area contributed by atoms with E-state index in [0.29, 0.717) is 23.6 Å². The number of amides is 1. The minimum atomic E-state index is -0.528. The number of carbonyl (C=O) groups is 1. The van der Waals surface area contributed by atoms with Crippen molar-refractivity contribution in [2.24, 2.45) is 7.05 Å². The van der Waals surface area contributed by atoms with E-state index in [0.717, 1.165) is 17.5 Å². The van der Waals surface area contributed by atoms with Gasteiger partial charge in [-0.1, -0.05) is 12.1 Å². The molecule has 0 unspecified atom stereocenters. The monoisotopic (exact) mass is 379 g/mol. The molecule has 142 valence electrons. The molecule has 8 nitrogen and oxygen atoms in total. The highest BCUT2D eigenvalue weighted by atomic mass is 19.1. The maximum absolute atomic E-state index is 14.3. The Morgan fingerprint density at radius 3 is 2.93 bits per heavy atom. The minimum absolute atomic E-state index is 0.169. The Kier molecular flexibility index (Phi) is 4.56. The third-order valence-corrected chi connectivity index (χ3v) is 4.33. The maximum atomic E-state index is 14.3. The number of rotatable bonds is 5. The molecule has 0 fully saturated rings. The zero-order valence-corrected chi connectivity index (χ0v) is 15.4. The molecule has 1 N–H and O–H groups in total. The third-order valence-electron chi connectivity index (χ3n) is 4.33. The lowest BCUT2D eigenvalue weighted by molar-refractivity contribution is 0.102. The summed E-state index contributed by atoms with van der Waals surface area (Å²) in [5.41, 5.74) is 1.96. The first kappa shape index (κ1) is 17.8. The fraction of sp³-hybridized carbons (Fsp3) is 0.211. The van der Waals surface area contributed by atoms with E-state index in [1.165, 1.54) is 18.5 Å². The fourth-order valence-electron chi connectivity index (χ4n) is 3.05. The minimum Gasteiger partial charge on any atom is -0.335 e. The van der Waals surface area contributed by atoms with Crippen LogP contribution in [0.3, 0.4) is 0 Å². The molecular weight excluding hydrogens is 361 g/mol. The SMILES string of the molecule is CCCn1cc(NC(=O)c2cc(F)cc(-c3ncnc4c3ccn4C)c2)nn1. The molecule has 0 saturated carbocycles. The van der Waals surface area contributed by atoms with Gasteiger partial charge in [0.1, 0.15) is 17.8 Å². The Balaban J connectivity index is 1.67. The van der Waals surface area contributed by atoms with Gasteiger partial charge in [0.05, 0.1) is 11.9 Å². The van der Waals surface area contributed by atoms with Gasteiger partial charge in [0.25, 0.3) is 5.91 Å². The molecule has 0 atom stereocenters. The van der Waals surface area contributed by atoms with Crippen LogP contribution >= 0.6 is 0 Å². The first-order chi connectivity index (χ1) is 13.5. The van der Waals surface area contributed by atoms with Crippen molar-refractivity contribution in [1.29, 1.82) is 0 Å². The first-order valence-corrected chi connectivity index (χ1v) is 8.83. The molecule has 0 aliphatic heterocycles. The third kappa shape index (κ3) is 3.34. The molecule has 0 saturated heterocycles. The lowest BCUT2D eigenvalue weighted by Gasteiger charge is -2.07. The molecule has 28 heavy (non-hydrogen) atoms. The average molecular weight is 379 g/mol. The zero-order valence-electron chi connectivity index (χ0n) is 15.4. The molecular formula is C19H18FN7O. The molecule has 0 spiro atoms. The molecule has 1 amide bonds. The largest absolute Gasteiger partial charge is 0.335 e. The second-order valence-corrected chi connectivity index (χ2v) is 6.44. The van der Waals surface area contributed by atoms with Crippen LogP contribution in [0.1, 0.15) is 23.7 Å². The van der Waals surface area contributed by atoms with Crippen LogP contribution in [0.25, 0.3) is 22.3 Å². The van der Waals surface area contributed by atoms with Crippen LogP contribution in [0.4, 0.5) is 10.2 Å². The first-order valence-electron chi connectivity index (χ1n) is 8.83. The number of halogens is 1. The molecule has 0 radical (unpaired) electrons. The molecule has 4 rings (SSSR count). The fourth-order valence-corrected chi connectivity index (χ4v) is 3.05. The van der Waals surface area contributed by atoms with Gasteiger partial charge in [-0.05, 0) is 30.7 Å². The topological polar surface area (TPSA) is 90.5 Å². The van der Waals surface area contributed by atoms with Crippen molar-refractivity contribution >= 4 is 22.8 Å². The van der Waals surface area contributed by atoms with Crippen molar-refractivity contribution in [2.75, 3.05) is 5.32 Å². The summed E-state index contributed by atoms with van der Waals surface area (Å²) in [4.78, 5) is 21.1. The van der Waals surface area contributed by atoms with E-state index < -0.39 is 11.7 Å².